The van der Waals surface area contributed by atoms with Crippen molar-refractivity contribution in [2.45, 2.75) is 39.8 Å². The summed E-state index contributed by atoms with van der Waals surface area (Å²) in [6.45, 7) is 8.08. The van der Waals surface area contributed by atoms with Gasteiger partial charge in [-0.25, -0.2) is 9.67 Å². The number of aromatic nitrogens is 4. The van der Waals surface area contributed by atoms with Crippen LogP contribution in [-0.2, 0) is 0 Å². The molecule has 152 valence electrons. The first-order valence-corrected chi connectivity index (χ1v) is 10.1. The number of carbonyl (C=O) groups is 1. The normalized spacial score (nSPS) is 12.3. The number of nitrogens with zero attached hydrogens (tertiary/aromatic N) is 4. The van der Waals surface area contributed by atoms with Crippen molar-refractivity contribution < 1.29 is 4.79 Å². The van der Waals surface area contributed by atoms with Crippen LogP contribution in [0, 0.1) is 6.92 Å². The van der Waals surface area contributed by atoms with Crippen molar-refractivity contribution >= 4 is 16.9 Å². The quantitative estimate of drug-likeness (QED) is 0.519. The van der Waals surface area contributed by atoms with E-state index in [9.17, 15) is 4.79 Å². The molecule has 0 bridgehead atoms. The maximum absolute atomic E-state index is 13.3. The van der Waals surface area contributed by atoms with Crippen LogP contribution < -0.4 is 5.32 Å². The Morgan fingerprint density at radius 1 is 1.07 bits per heavy atom. The Hall–Kier alpha value is -3.54. The van der Waals surface area contributed by atoms with Crippen LogP contribution in [0.1, 0.15) is 54.5 Å². The largest absolute Gasteiger partial charge is 0.344 e. The first kappa shape index (κ1) is 19.8. The SMILES string of the molecule is Cc1ccc(-c2cc(C(=O)N[C@H](C)c3ccccn3)c3cnn(C(C)C)c3n2)cc1. The predicted octanol–water partition coefficient (Wildman–Crippen LogP) is 4.87. The summed E-state index contributed by atoms with van der Waals surface area (Å²) >= 11 is 0. The maximum atomic E-state index is 13.3. The molecule has 3 heterocycles. The number of aryl methyl sites for hydroxylation is 1. The third-order valence-electron chi connectivity index (χ3n) is 5.13. The van der Waals surface area contributed by atoms with Crippen molar-refractivity contribution in [3.05, 3.63) is 77.7 Å². The fraction of sp³-hybridized carbons (Fsp3) is 0.250. The average molecular weight is 399 g/mol. The van der Waals surface area contributed by atoms with Crippen LogP contribution in [0.2, 0.25) is 0 Å². The van der Waals surface area contributed by atoms with Crippen molar-refractivity contribution in [1.29, 1.82) is 0 Å². The molecule has 4 aromatic rings. The summed E-state index contributed by atoms with van der Waals surface area (Å²) in [5, 5.41) is 8.29. The van der Waals surface area contributed by atoms with Gasteiger partial charge < -0.3 is 5.32 Å². The summed E-state index contributed by atoms with van der Waals surface area (Å²) in [5.74, 6) is -0.169. The Morgan fingerprint density at radius 2 is 1.83 bits per heavy atom. The van der Waals surface area contributed by atoms with E-state index in [1.807, 2.05) is 67.1 Å². The predicted molar refractivity (Wildman–Crippen MR) is 118 cm³/mol. The molecule has 30 heavy (non-hydrogen) atoms. The van der Waals surface area contributed by atoms with E-state index < -0.39 is 0 Å². The summed E-state index contributed by atoms with van der Waals surface area (Å²) in [6, 6.07) is 15.6. The molecule has 0 unspecified atom stereocenters. The second-order valence-corrected chi connectivity index (χ2v) is 7.79. The fourth-order valence-electron chi connectivity index (χ4n) is 3.44. The van der Waals surface area contributed by atoms with Gasteiger partial charge in [0.15, 0.2) is 5.65 Å². The van der Waals surface area contributed by atoms with E-state index >= 15 is 0 Å². The summed E-state index contributed by atoms with van der Waals surface area (Å²) in [7, 11) is 0. The van der Waals surface area contributed by atoms with Crippen LogP contribution >= 0.6 is 0 Å². The topological polar surface area (TPSA) is 72.7 Å². The minimum atomic E-state index is -0.218. The summed E-state index contributed by atoms with van der Waals surface area (Å²) in [4.78, 5) is 22.4. The van der Waals surface area contributed by atoms with Crippen LogP contribution in [0.4, 0.5) is 0 Å². The Bertz CT molecular complexity index is 1180. The number of benzene rings is 1. The van der Waals surface area contributed by atoms with Gasteiger partial charge in [-0.1, -0.05) is 35.9 Å². The lowest BCUT2D eigenvalue weighted by Gasteiger charge is -2.15. The second-order valence-electron chi connectivity index (χ2n) is 7.79. The number of pyridine rings is 2. The van der Waals surface area contributed by atoms with Crippen molar-refractivity contribution in [2.24, 2.45) is 0 Å². The number of hydrogen-bond acceptors (Lipinski definition) is 4. The zero-order valence-electron chi connectivity index (χ0n) is 17.6. The van der Waals surface area contributed by atoms with Gasteiger partial charge in [-0.2, -0.15) is 5.10 Å². The van der Waals surface area contributed by atoms with Gasteiger partial charge in [-0.15, -0.1) is 0 Å². The number of hydrogen-bond donors (Lipinski definition) is 1. The molecule has 0 fully saturated rings. The number of nitrogens with one attached hydrogen (secondary N) is 1. The third-order valence-corrected chi connectivity index (χ3v) is 5.13. The highest BCUT2D eigenvalue weighted by Gasteiger charge is 2.20. The lowest BCUT2D eigenvalue weighted by molar-refractivity contribution is 0.0940. The molecule has 0 radical (unpaired) electrons. The zero-order valence-corrected chi connectivity index (χ0v) is 17.6. The number of amides is 1. The average Bonchev–Trinajstić information content (AvgIpc) is 3.18. The third kappa shape index (κ3) is 3.81. The van der Waals surface area contributed by atoms with Crippen LogP contribution in [0.15, 0.2) is 60.9 Å². The molecule has 0 aliphatic rings. The van der Waals surface area contributed by atoms with Crippen LogP contribution in [0.3, 0.4) is 0 Å². The molecule has 3 aromatic heterocycles. The number of carbonyl (C=O) groups excluding carboxylic acids is 1. The van der Waals surface area contributed by atoms with Crippen molar-refractivity contribution in [3.63, 3.8) is 0 Å². The summed E-state index contributed by atoms with van der Waals surface area (Å²) in [6.07, 6.45) is 3.45. The molecule has 1 amide bonds. The molecule has 1 atom stereocenters. The molecule has 0 spiro atoms. The van der Waals surface area contributed by atoms with Gasteiger partial charge >= 0.3 is 0 Å². The van der Waals surface area contributed by atoms with Crippen LogP contribution in [-0.4, -0.2) is 25.7 Å². The molecule has 0 aliphatic carbocycles. The fourth-order valence-corrected chi connectivity index (χ4v) is 3.44. The summed E-state index contributed by atoms with van der Waals surface area (Å²) < 4.78 is 1.85. The highest BCUT2D eigenvalue weighted by Crippen LogP contribution is 2.27. The number of rotatable bonds is 5. The molecule has 0 aliphatic heterocycles. The lowest BCUT2D eigenvalue weighted by atomic mass is 10.0. The Morgan fingerprint density at radius 3 is 2.50 bits per heavy atom. The highest BCUT2D eigenvalue weighted by molar-refractivity contribution is 6.06. The van der Waals surface area contributed by atoms with E-state index in [0.717, 1.165) is 22.3 Å². The van der Waals surface area contributed by atoms with Gasteiger partial charge in [-0.3, -0.25) is 9.78 Å². The monoisotopic (exact) mass is 399 g/mol. The Balaban J connectivity index is 1.79. The molecule has 1 N–H and O–H groups in total. The molecule has 0 saturated heterocycles. The second kappa shape index (κ2) is 8.06. The van der Waals surface area contributed by atoms with Crippen molar-refractivity contribution in [3.8, 4) is 11.3 Å². The van der Waals surface area contributed by atoms with Gasteiger partial charge in [0.05, 0.1) is 34.6 Å². The van der Waals surface area contributed by atoms with E-state index in [1.54, 1.807) is 12.4 Å². The van der Waals surface area contributed by atoms with Gasteiger partial charge in [-0.05, 0) is 45.9 Å². The van der Waals surface area contributed by atoms with E-state index in [4.69, 9.17) is 4.98 Å². The first-order valence-electron chi connectivity index (χ1n) is 10.1. The summed E-state index contributed by atoms with van der Waals surface area (Å²) in [5.41, 5.74) is 4.97. The Labute approximate surface area is 176 Å². The maximum Gasteiger partial charge on any atom is 0.252 e. The van der Waals surface area contributed by atoms with Gasteiger partial charge in [0.1, 0.15) is 0 Å². The van der Waals surface area contributed by atoms with E-state index in [1.165, 1.54) is 5.56 Å². The minimum Gasteiger partial charge on any atom is -0.344 e. The molecule has 6 heteroatoms. The van der Waals surface area contributed by atoms with Crippen LogP contribution in [0.25, 0.3) is 22.3 Å². The molecular formula is C24H25N5O. The molecule has 4 rings (SSSR count). The zero-order chi connectivity index (χ0) is 21.3. The standard InChI is InChI=1S/C24H25N5O/c1-15(2)29-23-20(14-26-29)19(13-22(28-23)18-10-8-16(3)9-11-18)24(30)27-17(4)21-7-5-6-12-25-21/h5-15,17H,1-4H3,(H,27,30)/t17-/m1/s1. The van der Waals surface area contributed by atoms with E-state index in [0.29, 0.717) is 11.2 Å². The highest BCUT2D eigenvalue weighted by atomic mass is 16.1. The van der Waals surface area contributed by atoms with Gasteiger partial charge in [0.2, 0.25) is 0 Å². The Kier molecular flexibility index (Phi) is 5.31. The van der Waals surface area contributed by atoms with E-state index in [2.05, 4.69) is 29.2 Å². The number of fused-ring (bicyclic) bond motifs is 1. The first-order chi connectivity index (χ1) is 14.4. The molecule has 0 saturated carbocycles. The van der Waals surface area contributed by atoms with Crippen LogP contribution in [0.5, 0.6) is 0 Å². The van der Waals surface area contributed by atoms with Crippen molar-refractivity contribution in [2.75, 3.05) is 0 Å². The molecule has 1 aromatic carbocycles. The molecular weight excluding hydrogens is 374 g/mol. The van der Waals surface area contributed by atoms with E-state index in [-0.39, 0.29) is 18.0 Å². The lowest BCUT2D eigenvalue weighted by Crippen LogP contribution is -2.27. The van der Waals surface area contributed by atoms with Crippen molar-refractivity contribution in [1.82, 2.24) is 25.1 Å². The smallest absolute Gasteiger partial charge is 0.252 e. The van der Waals surface area contributed by atoms with Gasteiger partial charge in [0, 0.05) is 17.8 Å². The van der Waals surface area contributed by atoms with Gasteiger partial charge in [0.25, 0.3) is 5.91 Å². The minimum absolute atomic E-state index is 0.131. The molecule has 6 nitrogen and oxygen atoms in total.